The molecule has 1 aromatic carbocycles. The topological polar surface area (TPSA) is 125 Å². The van der Waals surface area contributed by atoms with Gasteiger partial charge in [-0.15, -0.1) is 0 Å². The summed E-state index contributed by atoms with van der Waals surface area (Å²) in [6.45, 7) is 2.38. The average molecular weight is 476 g/mol. The van der Waals surface area contributed by atoms with Crippen molar-refractivity contribution in [1.29, 1.82) is 5.41 Å². The van der Waals surface area contributed by atoms with Crippen molar-refractivity contribution in [3.05, 3.63) is 52.3 Å². The first kappa shape index (κ1) is 21.9. The Morgan fingerprint density at radius 3 is 2.83 bits per heavy atom. The number of rotatable bonds is 7. The van der Waals surface area contributed by atoms with Crippen LogP contribution in [0.15, 0.2) is 41.1 Å². The van der Waals surface area contributed by atoms with Crippen LogP contribution in [-0.2, 0) is 6.42 Å². The zero-order valence-corrected chi connectivity index (χ0v) is 18.2. The standard InChI is InChI=1S/C21H26BrN5O3/c22-19-17(28)10-16(11-18(19)30-9-5-14-2-1-6-25-12-14)20(29)26-13-15-3-7-27(8-4-15)21(23)24/h1-2,6,10-12,15,28H,3-5,7-9,13H2,(H3,23,24)(H,26,29). The number of guanidine groups is 1. The molecule has 0 bridgehead atoms. The van der Waals surface area contributed by atoms with Crippen LogP contribution >= 0.6 is 15.9 Å². The number of hydrogen-bond acceptors (Lipinski definition) is 5. The molecule has 1 aromatic heterocycles. The van der Waals surface area contributed by atoms with Crippen LogP contribution in [0.4, 0.5) is 0 Å². The van der Waals surface area contributed by atoms with Gasteiger partial charge in [-0.05, 0) is 58.5 Å². The molecule has 0 unspecified atom stereocenters. The van der Waals surface area contributed by atoms with Crippen molar-refractivity contribution in [2.75, 3.05) is 26.2 Å². The highest BCUT2D eigenvalue weighted by molar-refractivity contribution is 9.10. The number of nitrogens with two attached hydrogens (primary N) is 1. The Bertz CT molecular complexity index is 886. The third kappa shape index (κ3) is 5.85. The molecule has 1 aliphatic heterocycles. The lowest BCUT2D eigenvalue weighted by Gasteiger charge is -2.32. The van der Waals surface area contributed by atoms with Crippen molar-refractivity contribution in [1.82, 2.24) is 15.2 Å². The van der Waals surface area contributed by atoms with E-state index in [1.54, 1.807) is 18.5 Å². The molecule has 8 nitrogen and oxygen atoms in total. The number of nitrogens with zero attached hydrogens (tertiary/aromatic N) is 2. The highest BCUT2D eigenvalue weighted by Gasteiger charge is 2.21. The maximum absolute atomic E-state index is 12.6. The number of carbonyl (C=O) groups is 1. The molecule has 0 spiro atoms. The number of piperidine rings is 1. The van der Waals surface area contributed by atoms with Gasteiger partial charge in [0, 0.05) is 44.0 Å². The second kappa shape index (κ2) is 10.3. The Kier molecular flexibility index (Phi) is 7.51. The van der Waals surface area contributed by atoms with Gasteiger partial charge in [0.15, 0.2) is 5.96 Å². The molecule has 0 saturated carbocycles. The fourth-order valence-corrected chi connectivity index (χ4v) is 3.70. The van der Waals surface area contributed by atoms with Crippen LogP contribution in [0, 0.1) is 11.3 Å². The van der Waals surface area contributed by atoms with Crippen molar-refractivity contribution >= 4 is 27.8 Å². The highest BCUT2D eigenvalue weighted by Crippen LogP contribution is 2.35. The van der Waals surface area contributed by atoms with Gasteiger partial charge in [0.25, 0.3) is 5.91 Å². The molecule has 0 aliphatic carbocycles. The lowest BCUT2D eigenvalue weighted by molar-refractivity contribution is 0.0940. The number of ether oxygens (including phenoxy) is 1. The summed E-state index contributed by atoms with van der Waals surface area (Å²) in [6.07, 6.45) is 5.90. The smallest absolute Gasteiger partial charge is 0.251 e. The summed E-state index contributed by atoms with van der Waals surface area (Å²) in [5, 5.41) is 20.6. The van der Waals surface area contributed by atoms with Crippen molar-refractivity contribution in [3.63, 3.8) is 0 Å². The van der Waals surface area contributed by atoms with Gasteiger partial charge in [-0.1, -0.05) is 6.07 Å². The van der Waals surface area contributed by atoms with E-state index in [-0.39, 0.29) is 17.6 Å². The predicted octanol–water partition coefficient (Wildman–Crippen LogP) is 2.51. The van der Waals surface area contributed by atoms with E-state index in [4.69, 9.17) is 15.9 Å². The Hall–Kier alpha value is -2.81. The number of pyridine rings is 1. The van der Waals surface area contributed by atoms with Crippen molar-refractivity contribution in [3.8, 4) is 11.5 Å². The molecule has 2 aromatic rings. The molecule has 30 heavy (non-hydrogen) atoms. The fraction of sp³-hybridized carbons (Fsp3) is 0.381. The third-order valence-electron chi connectivity index (χ3n) is 5.16. The van der Waals surface area contributed by atoms with Crippen molar-refractivity contribution in [2.24, 2.45) is 11.7 Å². The number of benzene rings is 1. The average Bonchev–Trinajstić information content (AvgIpc) is 2.75. The SMILES string of the molecule is N=C(N)N1CCC(CNC(=O)c2cc(O)c(Br)c(OCCc3cccnc3)c2)CC1. The second-order valence-corrected chi connectivity index (χ2v) is 8.09. The van der Waals surface area contributed by atoms with Crippen LogP contribution in [0.3, 0.4) is 0 Å². The maximum Gasteiger partial charge on any atom is 0.251 e. The zero-order valence-electron chi connectivity index (χ0n) is 16.6. The van der Waals surface area contributed by atoms with Gasteiger partial charge in [0.05, 0.1) is 6.61 Å². The van der Waals surface area contributed by atoms with Gasteiger partial charge in [-0.3, -0.25) is 15.2 Å². The molecule has 3 rings (SSSR count). The molecule has 1 amide bonds. The molecule has 5 N–H and O–H groups in total. The van der Waals surface area contributed by atoms with E-state index in [0.29, 0.717) is 41.3 Å². The quantitative estimate of drug-likeness (QED) is 0.360. The van der Waals surface area contributed by atoms with Gasteiger partial charge >= 0.3 is 0 Å². The van der Waals surface area contributed by atoms with Crippen LogP contribution in [0.2, 0.25) is 0 Å². The Morgan fingerprint density at radius 1 is 1.40 bits per heavy atom. The third-order valence-corrected chi connectivity index (χ3v) is 5.96. The second-order valence-electron chi connectivity index (χ2n) is 7.29. The first-order valence-electron chi connectivity index (χ1n) is 9.85. The van der Waals surface area contributed by atoms with Gasteiger partial charge in [0.1, 0.15) is 16.0 Å². The minimum absolute atomic E-state index is 0.0474. The van der Waals surface area contributed by atoms with E-state index in [0.717, 1.165) is 31.5 Å². The molecule has 160 valence electrons. The minimum atomic E-state index is -0.260. The largest absolute Gasteiger partial charge is 0.507 e. The Labute approximate surface area is 184 Å². The first-order chi connectivity index (χ1) is 14.4. The number of phenolic OH excluding ortho intramolecular Hbond substituents is 1. The summed E-state index contributed by atoms with van der Waals surface area (Å²) in [5.74, 6) is 0.541. The van der Waals surface area contributed by atoms with E-state index in [1.807, 2.05) is 17.0 Å². The molecular weight excluding hydrogens is 450 g/mol. The number of aromatic hydroxyl groups is 1. The number of halogens is 1. The van der Waals surface area contributed by atoms with Gasteiger partial charge in [0.2, 0.25) is 0 Å². The van der Waals surface area contributed by atoms with Gasteiger partial charge in [-0.2, -0.15) is 0 Å². The Balaban J connectivity index is 1.54. The fourth-order valence-electron chi connectivity index (χ4n) is 3.36. The summed E-state index contributed by atoms with van der Waals surface area (Å²) < 4.78 is 6.21. The molecule has 1 saturated heterocycles. The first-order valence-corrected chi connectivity index (χ1v) is 10.6. The molecule has 0 radical (unpaired) electrons. The molecular formula is C21H26BrN5O3. The molecule has 1 aliphatic rings. The van der Waals surface area contributed by atoms with E-state index >= 15 is 0 Å². The van der Waals surface area contributed by atoms with Crippen LogP contribution in [0.25, 0.3) is 0 Å². The minimum Gasteiger partial charge on any atom is -0.507 e. The lowest BCUT2D eigenvalue weighted by atomic mass is 9.97. The van der Waals surface area contributed by atoms with E-state index in [2.05, 4.69) is 26.2 Å². The molecule has 9 heteroatoms. The summed E-state index contributed by atoms with van der Waals surface area (Å²) >= 11 is 3.32. The zero-order chi connectivity index (χ0) is 21.5. The number of hydrogen-bond donors (Lipinski definition) is 4. The normalized spacial score (nSPS) is 14.4. The van der Waals surface area contributed by atoms with Crippen LogP contribution in [-0.4, -0.2) is 53.1 Å². The number of amides is 1. The van der Waals surface area contributed by atoms with Gasteiger partial charge < -0.3 is 25.8 Å². The predicted molar refractivity (Wildman–Crippen MR) is 118 cm³/mol. The number of phenols is 1. The molecule has 2 heterocycles. The molecule has 0 atom stereocenters. The van der Waals surface area contributed by atoms with E-state index < -0.39 is 0 Å². The number of nitrogens with one attached hydrogen (secondary N) is 2. The summed E-state index contributed by atoms with van der Waals surface area (Å²) in [7, 11) is 0. The molecule has 1 fully saturated rings. The van der Waals surface area contributed by atoms with Crippen LogP contribution in [0.5, 0.6) is 11.5 Å². The number of aromatic nitrogens is 1. The van der Waals surface area contributed by atoms with Crippen LogP contribution in [0.1, 0.15) is 28.8 Å². The Morgan fingerprint density at radius 2 is 2.17 bits per heavy atom. The number of carbonyl (C=O) groups excluding carboxylic acids is 1. The van der Waals surface area contributed by atoms with Gasteiger partial charge in [-0.25, -0.2) is 0 Å². The lowest BCUT2D eigenvalue weighted by Crippen LogP contribution is -2.44. The number of likely N-dealkylation sites (tertiary alicyclic amines) is 1. The van der Waals surface area contributed by atoms with Crippen molar-refractivity contribution in [2.45, 2.75) is 19.3 Å². The van der Waals surface area contributed by atoms with E-state index in [9.17, 15) is 9.90 Å². The summed E-state index contributed by atoms with van der Waals surface area (Å²) in [4.78, 5) is 18.5. The summed E-state index contributed by atoms with van der Waals surface area (Å²) in [6, 6.07) is 6.88. The summed E-state index contributed by atoms with van der Waals surface area (Å²) in [5.41, 5.74) is 6.90. The van der Waals surface area contributed by atoms with E-state index in [1.165, 1.54) is 6.07 Å². The van der Waals surface area contributed by atoms with Crippen LogP contribution < -0.4 is 15.8 Å². The highest BCUT2D eigenvalue weighted by atomic mass is 79.9. The van der Waals surface area contributed by atoms with Crippen molar-refractivity contribution < 1.29 is 14.6 Å². The monoisotopic (exact) mass is 475 g/mol. The maximum atomic E-state index is 12.6.